The van der Waals surface area contributed by atoms with Crippen LogP contribution in [0, 0.1) is 0 Å². The fourth-order valence-corrected chi connectivity index (χ4v) is 2.62. The molecule has 1 amide bonds. The van der Waals surface area contributed by atoms with Gasteiger partial charge in [-0.1, -0.05) is 0 Å². The highest BCUT2D eigenvalue weighted by Gasteiger charge is 2.15. The van der Waals surface area contributed by atoms with E-state index in [1.807, 2.05) is 16.8 Å². The van der Waals surface area contributed by atoms with E-state index in [9.17, 15) is 14.4 Å². The molecule has 0 saturated heterocycles. The largest absolute Gasteiger partial charge is 0.465 e. The number of thiophene rings is 1. The minimum Gasteiger partial charge on any atom is -0.465 e. The van der Waals surface area contributed by atoms with E-state index in [0.29, 0.717) is 5.69 Å². The molecule has 0 aliphatic heterocycles. The van der Waals surface area contributed by atoms with Gasteiger partial charge in [0.1, 0.15) is 0 Å². The number of anilines is 1. The van der Waals surface area contributed by atoms with Gasteiger partial charge in [-0.2, -0.15) is 11.3 Å². The Morgan fingerprint density at radius 2 is 1.65 bits per heavy atom. The van der Waals surface area contributed by atoms with Gasteiger partial charge in [-0.05, 0) is 40.6 Å². The van der Waals surface area contributed by atoms with Crippen LogP contribution in [0.3, 0.4) is 0 Å². The molecule has 1 aromatic heterocycles. The molecule has 0 bridgehead atoms. The summed E-state index contributed by atoms with van der Waals surface area (Å²) in [5.74, 6) is -1.46. The summed E-state index contributed by atoms with van der Waals surface area (Å²) < 4.78 is 9.29. The first-order valence-electron chi connectivity index (χ1n) is 6.66. The normalized spacial score (nSPS) is 10.0. The Hall–Kier alpha value is -2.67. The second-order valence-electron chi connectivity index (χ2n) is 4.64. The Kier molecular flexibility index (Phi) is 5.48. The molecule has 7 heteroatoms. The molecular weight excluding hydrogens is 318 g/mol. The highest BCUT2D eigenvalue weighted by Crippen LogP contribution is 2.18. The fourth-order valence-electron chi connectivity index (χ4n) is 1.95. The van der Waals surface area contributed by atoms with Gasteiger partial charge < -0.3 is 14.8 Å². The van der Waals surface area contributed by atoms with Crippen LogP contribution in [0.1, 0.15) is 26.3 Å². The number of carbonyl (C=O) groups is 3. The first kappa shape index (κ1) is 16.7. The molecule has 120 valence electrons. The first-order chi connectivity index (χ1) is 11.0. The predicted molar refractivity (Wildman–Crippen MR) is 85.8 cm³/mol. The van der Waals surface area contributed by atoms with Gasteiger partial charge >= 0.3 is 11.9 Å². The van der Waals surface area contributed by atoms with Crippen LogP contribution < -0.4 is 5.32 Å². The van der Waals surface area contributed by atoms with Crippen molar-refractivity contribution in [3.63, 3.8) is 0 Å². The predicted octanol–water partition coefficient (Wildman–Crippen LogP) is 2.50. The lowest BCUT2D eigenvalue weighted by molar-refractivity contribution is -0.115. The average molecular weight is 333 g/mol. The van der Waals surface area contributed by atoms with E-state index >= 15 is 0 Å². The number of esters is 2. The third kappa shape index (κ3) is 4.40. The summed E-state index contributed by atoms with van der Waals surface area (Å²) >= 11 is 1.50. The van der Waals surface area contributed by atoms with Gasteiger partial charge in [-0.3, -0.25) is 4.79 Å². The average Bonchev–Trinajstić information content (AvgIpc) is 3.05. The zero-order chi connectivity index (χ0) is 16.8. The number of rotatable bonds is 5. The Labute approximate surface area is 137 Å². The Bertz CT molecular complexity index is 690. The van der Waals surface area contributed by atoms with Crippen LogP contribution in [0.15, 0.2) is 35.0 Å². The van der Waals surface area contributed by atoms with Crippen molar-refractivity contribution in [1.82, 2.24) is 0 Å². The van der Waals surface area contributed by atoms with Gasteiger partial charge in [0.05, 0.1) is 31.8 Å². The van der Waals surface area contributed by atoms with Gasteiger partial charge in [0, 0.05) is 5.69 Å². The van der Waals surface area contributed by atoms with E-state index in [0.717, 1.165) is 5.56 Å². The van der Waals surface area contributed by atoms with E-state index in [1.54, 1.807) is 0 Å². The Balaban J connectivity index is 2.23. The molecule has 1 N–H and O–H groups in total. The number of nitrogens with one attached hydrogen (secondary N) is 1. The van der Waals surface area contributed by atoms with E-state index < -0.39 is 11.9 Å². The number of amides is 1. The van der Waals surface area contributed by atoms with E-state index in [4.69, 9.17) is 0 Å². The summed E-state index contributed by atoms with van der Waals surface area (Å²) in [6.45, 7) is 0. The molecule has 2 rings (SSSR count). The highest BCUT2D eigenvalue weighted by molar-refractivity contribution is 7.08. The van der Waals surface area contributed by atoms with Crippen LogP contribution in [0.4, 0.5) is 5.69 Å². The molecule has 0 aliphatic rings. The minimum absolute atomic E-state index is 0.154. The summed E-state index contributed by atoms with van der Waals surface area (Å²) in [6, 6.07) is 6.11. The van der Waals surface area contributed by atoms with E-state index in [-0.39, 0.29) is 23.5 Å². The maximum Gasteiger partial charge on any atom is 0.337 e. The molecule has 2 aromatic rings. The molecule has 1 aromatic carbocycles. The molecule has 0 saturated carbocycles. The highest BCUT2D eigenvalue weighted by atomic mass is 32.1. The number of hydrogen-bond donors (Lipinski definition) is 1. The van der Waals surface area contributed by atoms with Crippen LogP contribution in [0.2, 0.25) is 0 Å². The molecule has 0 fully saturated rings. The molecule has 6 nitrogen and oxygen atoms in total. The van der Waals surface area contributed by atoms with E-state index in [2.05, 4.69) is 14.8 Å². The molecule has 1 heterocycles. The molecular formula is C16H15NO5S. The lowest BCUT2D eigenvalue weighted by atomic mass is 10.1. The maximum atomic E-state index is 12.0. The Morgan fingerprint density at radius 1 is 1.04 bits per heavy atom. The summed E-state index contributed by atoms with van der Waals surface area (Å²) in [4.78, 5) is 35.4. The van der Waals surface area contributed by atoms with Gasteiger partial charge in [-0.25, -0.2) is 9.59 Å². The number of ether oxygens (including phenoxy) is 2. The van der Waals surface area contributed by atoms with Gasteiger partial charge in [0.2, 0.25) is 5.91 Å². The summed E-state index contributed by atoms with van der Waals surface area (Å²) in [5, 5.41) is 6.43. The summed E-state index contributed by atoms with van der Waals surface area (Å²) in [6.07, 6.45) is 0.208. The third-order valence-electron chi connectivity index (χ3n) is 3.00. The molecule has 0 atom stereocenters. The second-order valence-corrected chi connectivity index (χ2v) is 5.42. The van der Waals surface area contributed by atoms with Gasteiger partial charge in [0.15, 0.2) is 0 Å². The zero-order valence-electron chi connectivity index (χ0n) is 12.6. The standard InChI is InChI=1S/C16H15NO5S/c1-21-15(19)11-6-12(16(20)22-2)8-13(7-11)17-14(18)5-10-3-4-23-9-10/h3-4,6-9H,5H2,1-2H3,(H,17,18). The van der Waals surface area contributed by atoms with Crippen molar-refractivity contribution in [1.29, 1.82) is 0 Å². The third-order valence-corrected chi connectivity index (χ3v) is 3.74. The van der Waals surface area contributed by atoms with Crippen molar-refractivity contribution in [2.24, 2.45) is 0 Å². The monoisotopic (exact) mass is 333 g/mol. The molecule has 0 spiro atoms. The van der Waals surface area contributed by atoms with Crippen molar-refractivity contribution < 1.29 is 23.9 Å². The van der Waals surface area contributed by atoms with Crippen LogP contribution in [-0.2, 0) is 20.7 Å². The van der Waals surface area contributed by atoms with Crippen molar-refractivity contribution in [2.75, 3.05) is 19.5 Å². The second kappa shape index (κ2) is 7.55. The van der Waals surface area contributed by atoms with Crippen LogP contribution >= 0.6 is 11.3 Å². The van der Waals surface area contributed by atoms with E-state index in [1.165, 1.54) is 43.8 Å². The minimum atomic E-state index is -0.607. The number of methoxy groups -OCH3 is 2. The first-order valence-corrected chi connectivity index (χ1v) is 7.60. The SMILES string of the molecule is COC(=O)c1cc(NC(=O)Cc2ccsc2)cc(C(=O)OC)c1. The molecule has 23 heavy (non-hydrogen) atoms. The summed E-state index contributed by atoms with van der Waals surface area (Å²) in [5.41, 5.74) is 1.53. The number of carbonyl (C=O) groups excluding carboxylic acids is 3. The van der Waals surface area contributed by atoms with Crippen molar-refractivity contribution in [2.45, 2.75) is 6.42 Å². The lowest BCUT2D eigenvalue weighted by Gasteiger charge is -2.09. The molecule has 0 radical (unpaired) electrons. The van der Waals surface area contributed by atoms with Crippen molar-refractivity contribution in [3.8, 4) is 0 Å². The molecule has 0 aliphatic carbocycles. The Morgan fingerprint density at radius 3 is 2.13 bits per heavy atom. The quantitative estimate of drug-likeness (QED) is 0.850. The maximum absolute atomic E-state index is 12.0. The van der Waals surface area contributed by atoms with Gasteiger partial charge in [0.25, 0.3) is 0 Å². The van der Waals surface area contributed by atoms with Crippen LogP contribution in [0.25, 0.3) is 0 Å². The van der Waals surface area contributed by atoms with Crippen molar-refractivity contribution >= 4 is 34.9 Å². The molecule has 0 unspecified atom stereocenters. The lowest BCUT2D eigenvalue weighted by Crippen LogP contribution is -2.15. The van der Waals surface area contributed by atoms with Crippen LogP contribution in [-0.4, -0.2) is 32.1 Å². The number of benzene rings is 1. The topological polar surface area (TPSA) is 81.7 Å². The van der Waals surface area contributed by atoms with Gasteiger partial charge in [-0.15, -0.1) is 0 Å². The number of hydrogen-bond acceptors (Lipinski definition) is 6. The zero-order valence-corrected chi connectivity index (χ0v) is 13.4. The van der Waals surface area contributed by atoms with Crippen LogP contribution in [0.5, 0.6) is 0 Å². The summed E-state index contributed by atoms with van der Waals surface area (Å²) in [7, 11) is 2.48. The smallest absolute Gasteiger partial charge is 0.337 e. The fraction of sp³-hybridized carbons (Fsp3) is 0.188. The van der Waals surface area contributed by atoms with Crippen molar-refractivity contribution in [3.05, 3.63) is 51.7 Å².